The first-order valence-corrected chi connectivity index (χ1v) is 9.28. The largest absolute Gasteiger partial charge is 0.386 e. The molecule has 2 aliphatic heterocycles. The number of hydrogen-bond donors (Lipinski definition) is 3. The fourth-order valence-electron chi connectivity index (χ4n) is 3.73. The molecule has 4 rings (SSSR count). The van der Waals surface area contributed by atoms with Gasteiger partial charge in [0.2, 0.25) is 0 Å². The van der Waals surface area contributed by atoms with Crippen molar-refractivity contribution in [3.63, 3.8) is 0 Å². The van der Waals surface area contributed by atoms with Crippen LogP contribution in [0.15, 0.2) is 48.2 Å². The third-order valence-corrected chi connectivity index (χ3v) is 5.05. The number of aryl methyl sites for hydroxylation is 1. The average molecular weight is 350 g/mol. The molecule has 0 radical (unpaired) electrons. The van der Waals surface area contributed by atoms with Crippen LogP contribution in [-0.4, -0.2) is 47.1 Å². The summed E-state index contributed by atoms with van der Waals surface area (Å²) in [6.07, 6.45) is 7.87. The van der Waals surface area contributed by atoms with Gasteiger partial charge in [-0.2, -0.15) is 0 Å². The summed E-state index contributed by atoms with van der Waals surface area (Å²) in [4.78, 5) is 11.4. The Kier molecular flexibility index (Phi) is 4.75. The smallest absolute Gasteiger partial charge is 0.0916 e. The van der Waals surface area contributed by atoms with E-state index in [0.29, 0.717) is 6.04 Å². The molecule has 1 fully saturated rings. The molecule has 3 N–H and O–H groups in total. The second kappa shape index (κ2) is 7.33. The zero-order chi connectivity index (χ0) is 17.9. The Balaban J connectivity index is 1.51. The highest BCUT2D eigenvalue weighted by Gasteiger charge is 2.23. The second-order valence-corrected chi connectivity index (χ2v) is 6.99. The topological polar surface area (TPSA) is 65.1 Å². The molecule has 136 valence electrons. The molecule has 1 saturated heterocycles. The van der Waals surface area contributed by atoms with Gasteiger partial charge in [0.25, 0.3) is 0 Å². The molecule has 26 heavy (non-hydrogen) atoms. The van der Waals surface area contributed by atoms with E-state index in [4.69, 9.17) is 0 Å². The molecule has 0 amide bonds. The lowest BCUT2D eigenvalue weighted by molar-refractivity contribution is 0.223. The van der Waals surface area contributed by atoms with Crippen molar-refractivity contribution in [2.24, 2.45) is 0 Å². The van der Waals surface area contributed by atoms with E-state index in [1.165, 1.54) is 11.3 Å². The molecule has 2 aliphatic rings. The third-order valence-electron chi connectivity index (χ3n) is 5.05. The maximum atomic E-state index is 4.45. The van der Waals surface area contributed by atoms with E-state index in [2.05, 4.69) is 69.1 Å². The second-order valence-electron chi connectivity index (χ2n) is 6.99. The van der Waals surface area contributed by atoms with Crippen LogP contribution in [0.4, 0.5) is 0 Å². The molecule has 2 aromatic rings. The van der Waals surface area contributed by atoms with Crippen molar-refractivity contribution in [2.45, 2.75) is 26.4 Å². The minimum Gasteiger partial charge on any atom is -0.386 e. The summed E-state index contributed by atoms with van der Waals surface area (Å²) in [7, 11) is 0. The molecule has 0 saturated carbocycles. The van der Waals surface area contributed by atoms with Gasteiger partial charge in [0.1, 0.15) is 0 Å². The number of hydrogen-bond acceptors (Lipinski definition) is 6. The summed E-state index contributed by atoms with van der Waals surface area (Å²) >= 11 is 0. The lowest BCUT2D eigenvalue weighted by Crippen LogP contribution is -2.50. The van der Waals surface area contributed by atoms with Crippen molar-refractivity contribution in [3.05, 3.63) is 59.3 Å². The summed E-state index contributed by atoms with van der Waals surface area (Å²) in [6.45, 7) is 9.11. The van der Waals surface area contributed by atoms with E-state index in [9.17, 15) is 0 Å². The molecule has 1 atom stereocenters. The molecule has 1 aromatic carbocycles. The van der Waals surface area contributed by atoms with Crippen molar-refractivity contribution in [2.75, 3.05) is 26.2 Å². The Morgan fingerprint density at radius 1 is 1.27 bits per heavy atom. The molecule has 3 heterocycles. The van der Waals surface area contributed by atoms with Crippen LogP contribution in [0, 0.1) is 6.92 Å². The Morgan fingerprint density at radius 3 is 3.04 bits per heavy atom. The fraction of sp³-hybridized carbons (Fsp3) is 0.400. The minimum atomic E-state index is 0.497. The van der Waals surface area contributed by atoms with Crippen LogP contribution >= 0.6 is 0 Å². The van der Waals surface area contributed by atoms with Crippen molar-refractivity contribution in [1.29, 1.82) is 0 Å². The highest BCUT2D eigenvalue weighted by atomic mass is 15.2. The number of piperazine rings is 1. The number of dihydropyridines is 1. The maximum Gasteiger partial charge on any atom is 0.0916 e. The normalized spacial score (nSPS) is 20.4. The van der Waals surface area contributed by atoms with E-state index in [1.807, 2.05) is 0 Å². The number of nitrogens with one attached hydrogen (secondary N) is 3. The zero-order valence-corrected chi connectivity index (χ0v) is 15.4. The summed E-state index contributed by atoms with van der Waals surface area (Å²) in [5.41, 5.74) is 6.76. The first-order chi connectivity index (χ1) is 12.7. The first kappa shape index (κ1) is 16.8. The lowest BCUT2D eigenvalue weighted by Gasteiger charge is -2.39. The molecule has 1 unspecified atom stereocenters. The van der Waals surface area contributed by atoms with Crippen molar-refractivity contribution < 1.29 is 0 Å². The molecular weight excluding hydrogens is 324 g/mol. The Morgan fingerprint density at radius 2 is 2.15 bits per heavy atom. The predicted octanol–water partition coefficient (Wildman–Crippen LogP) is 1.65. The average Bonchev–Trinajstić information content (AvgIpc) is 2.67. The van der Waals surface area contributed by atoms with Gasteiger partial charge in [-0.05, 0) is 37.1 Å². The Bertz CT molecular complexity index is 857. The van der Waals surface area contributed by atoms with E-state index >= 15 is 0 Å². The van der Waals surface area contributed by atoms with Crippen LogP contribution in [0.3, 0.4) is 0 Å². The highest BCUT2D eigenvalue weighted by molar-refractivity contribution is 5.78. The quantitative estimate of drug-likeness (QED) is 0.779. The highest BCUT2D eigenvalue weighted by Crippen LogP contribution is 2.21. The first-order valence-electron chi connectivity index (χ1n) is 9.28. The number of rotatable bonds is 4. The van der Waals surface area contributed by atoms with Gasteiger partial charge in [0.15, 0.2) is 0 Å². The van der Waals surface area contributed by atoms with E-state index < -0.39 is 0 Å². The van der Waals surface area contributed by atoms with Crippen LogP contribution < -0.4 is 16.0 Å². The monoisotopic (exact) mass is 350 g/mol. The van der Waals surface area contributed by atoms with Gasteiger partial charge in [0, 0.05) is 57.4 Å². The van der Waals surface area contributed by atoms with Crippen LogP contribution in [0.5, 0.6) is 0 Å². The molecule has 0 aliphatic carbocycles. The van der Waals surface area contributed by atoms with Crippen LogP contribution in [-0.2, 0) is 6.54 Å². The van der Waals surface area contributed by atoms with E-state index in [1.54, 1.807) is 12.4 Å². The predicted molar refractivity (Wildman–Crippen MR) is 104 cm³/mol. The lowest BCUT2D eigenvalue weighted by atomic mass is 10.1. The Hall–Kier alpha value is -2.60. The van der Waals surface area contributed by atoms with Gasteiger partial charge >= 0.3 is 0 Å². The van der Waals surface area contributed by atoms with Crippen LogP contribution in [0.2, 0.25) is 0 Å². The summed E-state index contributed by atoms with van der Waals surface area (Å²) < 4.78 is 0. The van der Waals surface area contributed by atoms with Gasteiger partial charge < -0.3 is 20.9 Å². The minimum absolute atomic E-state index is 0.497. The van der Waals surface area contributed by atoms with Gasteiger partial charge in [0.05, 0.1) is 22.4 Å². The molecule has 0 spiro atoms. The SMILES string of the molecule is Cc1cc(CNC2=CNCC=C2N2CCNCC2C)cc2nccnc12. The maximum absolute atomic E-state index is 4.45. The molecule has 1 aromatic heterocycles. The number of benzene rings is 1. The molecule has 6 nitrogen and oxygen atoms in total. The van der Waals surface area contributed by atoms with E-state index in [-0.39, 0.29) is 0 Å². The number of fused-ring (bicyclic) bond motifs is 1. The number of nitrogens with zero attached hydrogens (tertiary/aromatic N) is 3. The van der Waals surface area contributed by atoms with Crippen LogP contribution in [0.25, 0.3) is 11.0 Å². The summed E-state index contributed by atoms with van der Waals surface area (Å²) in [5, 5.41) is 10.4. The summed E-state index contributed by atoms with van der Waals surface area (Å²) in [5.74, 6) is 0. The fourth-order valence-corrected chi connectivity index (χ4v) is 3.73. The Labute approximate surface area is 154 Å². The van der Waals surface area contributed by atoms with Gasteiger partial charge in [-0.3, -0.25) is 9.97 Å². The van der Waals surface area contributed by atoms with Crippen molar-refractivity contribution in [1.82, 2.24) is 30.8 Å². The number of aromatic nitrogens is 2. The molecule has 6 heteroatoms. The summed E-state index contributed by atoms with van der Waals surface area (Å²) in [6, 6.07) is 4.81. The molecular formula is C20H26N6. The van der Waals surface area contributed by atoms with Gasteiger partial charge in [-0.25, -0.2) is 0 Å². The third kappa shape index (κ3) is 3.37. The standard InChI is InChI=1S/C20H26N6/c1-14-9-16(10-17-20(14)24-6-5-23-17)12-25-18-13-21-4-3-19(18)26-8-7-22-11-15(26)2/h3,5-6,9-10,13,15,21-22,25H,4,7-8,11-12H2,1-2H3. The van der Waals surface area contributed by atoms with Gasteiger partial charge in [-0.1, -0.05) is 6.07 Å². The van der Waals surface area contributed by atoms with Crippen LogP contribution in [0.1, 0.15) is 18.1 Å². The zero-order valence-electron chi connectivity index (χ0n) is 15.4. The van der Waals surface area contributed by atoms with Crippen molar-refractivity contribution in [3.8, 4) is 0 Å². The van der Waals surface area contributed by atoms with Crippen molar-refractivity contribution >= 4 is 11.0 Å². The van der Waals surface area contributed by atoms with E-state index in [0.717, 1.165) is 55.0 Å². The van der Waals surface area contributed by atoms with Gasteiger partial charge in [-0.15, -0.1) is 0 Å². The molecule has 0 bridgehead atoms.